The highest BCUT2D eigenvalue weighted by Gasteiger charge is 2.57. The van der Waals surface area contributed by atoms with Gasteiger partial charge in [0.1, 0.15) is 6.10 Å². The lowest BCUT2D eigenvalue weighted by atomic mass is 10.2. The van der Waals surface area contributed by atoms with Crippen molar-refractivity contribution in [2.75, 3.05) is 6.61 Å². The summed E-state index contributed by atoms with van der Waals surface area (Å²) < 4.78 is 11.2. The lowest BCUT2D eigenvalue weighted by molar-refractivity contribution is 0.000982. The molecule has 1 saturated carbocycles. The van der Waals surface area contributed by atoms with Gasteiger partial charge < -0.3 is 9.47 Å². The Kier molecular flexibility index (Phi) is 1.85. The van der Waals surface area contributed by atoms with Crippen LogP contribution in [0.3, 0.4) is 0 Å². The standard InChI is InChI=1S/C12H14O2/c1-2-4-10(5-3-1)8-14-12(6-7-12)11-9-13-11/h1-5,11H,6-9H2. The Hall–Kier alpha value is -0.860. The van der Waals surface area contributed by atoms with Gasteiger partial charge >= 0.3 is 0 Å². The number of hydrogen-bond donors (Lipinski definition) is 0. The lowest BCUT2D eigenvalue weighted by Crippen LogP contribution is -2.21. The van der Waals surface area contributed by atoms with Gasteiger partial charge in [0.2, 0.25) is 0 Å². The van der Waals surface area contributed by atoms with E-state index < -0.39 is 0 Å². The molecule has 1 aliphatic carbocycles. The number of ether oxygens (including phenoxy) is 2. The van der Waals surface area contributed by atoms with Crippen LogP contribution >= 0.6 is 0 Å². The van der Waals surface area contributed by atoms with Gasteiger partial charge in [-0.25, -0.2) is 0 Å². The van der Waals surface area contributed by atoms with E-state index in [0.29, 0.717) is 6.10 Å². The van der Waals surface area contributed by atoms with Crippen LogP contribution in [0.5, 0.6) is 0 Å². The Morgan fingerprint density at radius 2 is 2.00 bits per heavy atom. The minimum absolute atomic E-state index is 0.0931. The van der Waals surface area contributed by atoms with Gasteiger partial charge in [0.05, 0.1) is 18.8 Å². The maximum Gasteiger partial charge on any atom is 0.110 e. The molecule has 3 rings (SSSR count). The van der Waals surface area contributed by atoms with Gasteiger partial charge in [-0.2, -0.15) is 0 Å². The number of benzene rings is 1. The van der Waals surface area contributed by atoms with E-state index in [9.17, 15) is 0 Å². The van der Waals surface area contributed by atoms with E-state index >= 15 is 0 Å². The number of epoxide rings is 1. The molecule has 0 spiro atoms. The first-order chi connectivity index (χ1) is 6.89. The summed E-state index contributed by atoms with van der Waals surface area (Å²) in [4.78, 5) is 0. The molecule has 14 heavy (non-hydrogen) atoms. The molecule has 2 nitrogen and oxygen atoms in total. The average molecular weight is 190 g/mol. The number of hydrogen-bond acceptors (Lipinski definition) is 2. The van der Waals surface area contributed by atoms with Crippen LogP contribution in [-0.4, -0.2) is 18.3 Å². The van der Waals surface area contributed by atoms with Crippen molar-refractivity contribution in [1.82, 2.24) is 0 Å². The summed E-state index contributed by atoms with van der Waals surface area (Å²) in [5.41, 5.74) is 1.34. The van der Waals surface area contributed by atoms with Gasteiger partial charge in [-0.15, -0.1) is 0 Å². The third kappa shape index (κ3) is 1.56. The quantitative estimate of drug-likeness (QED) is 0.678. The second kappa shape index (κ2) is 3.07. The average Bonchev–Trinajstić information content (AvgIpc) is 3.08. The van der Waals surface area contributed by atoms with E-state index in [-0.39, 0.29) is 5.60 Å². The Labute approximate surface area is 83.8 Å². The molecule has 1 aromatic carbocycles. The molecule has 2 aliphatic rings. The zero-order chi connectivity index (χ0) is 9.43. The van der Waals surface area contributed by atoms with Crippen LogP contribution < -0.4 is 0 Å². The molecule has 1 aromatic rings. The summed E-state index contributed by atoms with van der Waals surface area (Å²) in [5, 5.41) is 0. The van der Waals surface area contributed by atoms with Crippen LogP contribution in [0.1, 0.15) is 18.4 Å². The molecule has 0 amide bonds. The summed E-state index contributed by atoms with van der Waals surface area (Å²) >= 11 is 0. The molecule has 74 valence electrons. The largest absolute Gasteiger partial charge is 0.370 e. The van der Waals surface area contributed by atoms with E-state index in [1.54, 1.807) is 0 Å². The molecule has 0 radical (unpaired) electrons. The molecule has 1 heterocycles. The van der Waals surface area contributed by atoms with Gasteiger partial charge in [-0.1, -0.05) is 30.3 Å². The van der Waals surface area contributed by atoms with Crippen molar-refractivity contribution in [1.29, 1.82) is 0 Å². The first-order valence-corrected chi connectivity index (χ1v) is 5.19. The van der Waals surface area contributed by atoms with E-state index in [1.807, 2.05) is 18.2 Å². The fourth-order valence-electron chi connectivity index (χ4n) is 1.84. The van der Waals surface area contributed by atoms with E-state index in [0.717, 1.165) is 13.2 Å². The van der Waals surface area contributed by atoms with Crippen molar-refractivity contribution in [3.05, 3.63) is 35.9 Å². The predicted molar refractivity (Wildman–Crippen MR) is 52.9 cm³/mol. The zero-order valence-electron chi connectivity index (χ0n) is 8.11. The zero-order valence-corrected chi connectivity index (χ0v) is 8.11. The van der Waals surface area contributed by atoms with Gasteiger partial charge in [0.15, 0.2) is 0 Å². The normalized spacial score (nSPS) is 27.3. The molecule has 1 atom stereocenters. The van der Waals surface area contributed by atoms with Crippen molar-refractivity contribution in [3.8, 4) is 0 Å². The molecule has 0 aromatic heterocycles. The summed E-state index contributed by atoms with van der Waals surface area (Å²) in [7, 11) is 0. The summed E-state index contributed by atoms with van der Waals surface area (Å²) in [5.74, 6) is 0. The minimum Gasteiger partial charge on any atom is -0.370 e. The van der Waals surface area contributed by atoms with Crippen LogP contribution in [0.15, 0.2) is 30.3 Å². The Bertz CT molecular complexity index is 312. The maximum atomic E-state index is 5.93. The first-order valence-electron chi connectivity index (χ1n) is 5.19. The molecular formula is C12H14O2. The molecular weight excluding hydrogens is 176 g/mol. The molecule has 2 fully saturated rings. The molecule has 1 unspecified atom stereocenters. The smallest absolute Gasteiger partial charge is 0.110 e. The summed E-state index contributed by atoms with van der Waals surface area (Å²) in [6.07, 6.45) is 2.74. The summed E-state index contributed by atoms with van der Waals surface area (Å²) in [6.45, 7) is 1.62. The molecule has 1 saturated heterocycles. The highest BCUT2D eigenvalue weighted by molar-refractivity contribution is 5.15. The molecule has 0 bridgehead atoms. The van der Waals surface area contributed by atoms with Crippen molar-refractivity contribution in [3.63, 3.8) is 0 Å². The Balaban J connectivity index is 1.59. The van der Waals surface area contributed by atoms with Crippen molar-refractivity contribution in [2.45, 2.75) is 31.2 Å². The van der Waals surface area contributed by atoms with Gasteiger partial charge in [0, 0.05) is 0 Å². The molecule has 2 heteroatoms. The van der Waals surface area contributed by atoms with Crippen LogP contribution in [0, 0.1) is 0 Å². The van der Waals surface area contributed by atoms with Crippen LogP contribution in [0.2, 0.25) is 0 Å². The third-order valence-corrected chi connectivity index (χ3v) is 3.03. The fourth-order valence-corrected chi connectivity index (χ4v) is 1.84. The second-order valence-corrected chi connectivity index (χ2v) is 4.16. The first kappa shape index (κ1) is 8.45. The summed E-state index contributed by atoms with van der Waals surface area (Å²) in [6, 6.07) is 10.3. The monoisotopic (exact) mass is 190 g/mol. The fraction of sp³-hybridized carbons (Fsp3) is 0.500. The predicted octanol–water partition coefficient (Wildman–Crippen LogP) is 2.13. The Morgan fingerprint density at radius 1 is 1.29 bits per heavy atom. The van der Waals surface area contributed by atoms with E-state index in [1.165, 1.54) is 18.4 Å². The van der Waals surface area contributed by atoms with E-state index in [4.69, 9.17) is 9.47 Å². The number of rotatable bonds is 4. The van der Waals surface area contributed by atoms with Gasteiger partial charge in [0.25, 0.3) is 0 Å². The van der Waals surface area contributed by atoms with E-state index in [2.05, 4.69) is 12.1 Å². The van der Waals surface area contributed by atoms with Crippen molar-refractivity contribution < 1.29 is 9.47 Å². The maximum absolute atomic E-state index is 5.93. The minimum atomic E-state index is 0.0931. The highest BCUT2D eigenvalue weighted by Crippen LogP contribution is 2.48. The van der Waals surface area contributed by atoms with Gasteiger partial charge in [-0.05, 0) is 18.4 Å². The van der Waals surface area contributed by atoms with Crippen LogP contribution in [-0.2, 0) is 16.1 Å². The highest BCUT2D eigenvalue weighted by atomic mass is 16.6. The molecule has 0 N–H and O–H groups in total. The van der Waals surface area contributed by atoms with Crippen molar-refractivity contribution in [2.24, 2.45) is 0 Å². The van der Waals surface area contributed by atoms with Crippen LogP contribution in [0.4, 0.5) is 0 Å². The van der Waals surface area contributed by atoms with Crippen molar-refractivity contribution >= 4 is 0 Å². The topological polar surface area (TPSA) is 21.8 Å². The molecule has 1 aliphatic heterocycles. The SMILES string of the molecule is c1ccc(COC2(C3CO3)CC2)cc1. The lowest BCUT2D eigenvalue weighted by Gasteiger charge is -2.13. The third-order valence-electron chi connectivity index (χ3n) is 3.03. The Morgan fingerprint density at radius 3 is 2.57 bits per heavy atom. The van der Waals surface area contributed by atoms with Crippen LogP contribution in [0.25, 0.3) is 0 Å². The second-order valence-electron chi connectivity index (χ2n) is 4.16. The van der Waals surface area contributed by atoms with Gasteiger partial charge in [-0.3, -0.25) is 0 Å².